The van der Waals surface area contributed by atoms with E-state index >= 15 is 0 Å². The fraction of sp³-hybridized carbons (Fsp3) is 0.143. The standard InChI is InChI=1S/C14H11BrN2O5/c1-22-13-4-2-9(6-11(13)15)12(18)8-16-7-10(17(20)21)3-5-14(16)19/h2-7H,8H2,1H3. The Balaban J connectivity index is 2.29. The van der Waals surface area contributed by atoms with Gasteiger partial charge < -0.3 is 9.30 Å². The average Bonchev–Trinajstić information content (AvgIpc) is 2.49. The number of benzene rings is 1. The number of nitrogens with zero attached hydrogens (tertiary/aromatic N) is 2. The lowest BCUT2D eigenvalue weighted by atomic mass is 10.1. The molecule has 0 fully saturated rings. The Kier molecular flexibility index (Phi) is 4.71. The molecule has 0 saturated heterocycles. The highest BCUT2D eigenvalue weighted by molar-refractivity contribution is 9.10. The molecule has 2 aromatic rings. The van der Waals surface area contributed by atoms with Gasteiger partial charge in [-0.3, -0.25) is 19.7 Å². The summed E-state index contributed by atoms with van der Waals surface area (Å²) in [6, 6.07) is 6.92. The average molecular weight is 367 g/mol. The molecule has 2 rings (SSSR count). The van der Waals surface area contributed by atoms with Gasteiger partial charge in [0.2, 0.25) is 0 Å². The predicted molar refractivity (Wildman–Crippen MR) is 82.4 cm³/mol. The van der Waals surface area contributed by atoms with Gasteiger partial charge in [0.25, 0.3) is 11.2 Å². The molecule has 1 aromatic carbocycles. The summed E-state index contributed by atoms with van der Waals surface area (Å²) in [6.45, 7) is -0.278. The second kappa shape index (κ2) is 6.52. The lowest BCUT2D eigenvalue weighted by Gasteiger charge is -2.07. The van der Waals surface area contributed by atoms with E-state index in [-0.39, 0.29) is 18.0 Å². The summed E-state index contributed by atoms with van der Waals surface area (Å²) in [5.41, 5.74) is -0.360. The molecule has 22 heavy (non-hydrogen) atoms. The van der Waals surface area contributed by atoms with Gasteiger partial charge in [-0.2, -0.15) is 0 Å². The van der Waals surface area contributed by atoms with Crippen molar-refractivity contribution in [3.8, 4) is 5.75 Å². The summed E-state index contributed by atoms with van der Waals surface area (Å²) in [5, 5.41) is 10.7. The number of methoxy groups -OCH3 is 1. The van der Waals surface area contributed by atoms with Crippen LogP contribution in [0.5, 0.6) is 5.75 Å². The molecular formula is C14H11BrN2O5. The van der Waals surface area contributed by atoms with Gasteiger partial charge in [0, 0.05) is 17.7 Å². The Labute approximate surface area is 133 Å². The number of ketones is 1. The van der Waals surface area contributed by atoms with Crippen molar-refractivity contribution in [2.45, 2.75) is 6.54 Å². The van der Waals surface area contributed by atoms with E-state index in [9.17, 15) is 19.7 Å². The van der Waals surface area contributed by atoms with E-state index in [0.29, 0.717) is 15.8 Å². The number of ether oxygens (including phenoxy) is 1. The van der Waals surface area contributed by atoms with Crippen LogP contribution in [0.1, 0.15) is 10.4 Å². The number of aromatic nitrogens is 1. The van der Waals surface area contributed by atoms with Crippen LogP contribution in [0.4, 0.5) is 5.69 Å². The largest absolute Gasteiger partial charge is 0.496 e. The number of hydrogen-bond acceptors (Lipinski definition) is 5. The number of nitro groups is 1. The number of Topliss-reactive ketones (excluding diaryl/α,β-unsaturated/α-hetero) is 1. The Morgan fingerprint density at radius 2 is 2.09 bits per heavy atom. The fourth-order valence-corrected chi connectivity index (χ4v) is 2.38. The van der Waals surface area contributed by atoms with Crippen LogP contribution in [-0.4, -0.2) is 22.4 Å². The van der Waals surface area contributed by atoms with E-state index in [0.717, 1.165) is 22.9 Å². The monoisotopic (exact) mass is 366 g/mol. The van der Waals surface area contributed by atoms with Crippen LogP contribution in [0.3, 0.4) is 0 Å². The number of carbonyl (C=O) groups is 1. The summed E-state index contributed by atoms with van der Waals surface area (Å²) in [5.74, 6) is 0.231. The van der Waals surface area contributed by atoms with Crippen molar-refractivity contribution in [1.29, 1.82) is 0 Å². The Bertz CT molecular complexity index is 800. The highest BCUT2D eigenvalue weighted by atomic mass is 79.9. The number of pyridine rings is 1. The van der Waals surface area contributed by atoms with Gasteiger partial charge in [-0.1, -0.05) is 0 Å². The van der Waals surface area contributed by atoms with Crippen molar-refractivity contribution >= 4 is 27.4 Å². The predicted octanol–water partition coefficient (Wildman–Crippen LogP) is 2.41. The van der Waals surface area contributed by atoms with Gasteiger partial charge in [-0.25, -0.2) is 0 Å². The first-order chi connectivity index (χ1) is 10.4. The van der Waals surface area contributed by atoms with E-state index in [1.165, 1.54) is 7.11 Å². The Hall–Kier alpha value is -2.48. The van der Waals surface area contributed by atoms with E-state index in [1.807, 2.05) is 0 Å². The van der Waals surface area contributed by atoms with E-state index < -0.39 is 10.5 Å². The van der Waals surface area contributed by atoms with Crippen molar-refractivity contribution in [2.75, 3.05) is 7.11 Å². The molecule has 1 heterocycles. The van der Waals surface area contributed by atoms with E-state index in [4.69, 9.17) is 4.74 Å². The number of hydrogen-bond donors (Lipinski definition) is 0. The van der Waals surface area contributed by atoms with Crippen molar-refractivity contribution in [3.05, 3.63) is 67.0 Å². The van der Waals surface area contributed by atoms with Crippen LogP contribution in [0.2, 0.25) is 0 Å². The molecule has 0 N–H and O–H groups in total. The molecule has 0 spiro atoms. The topological polar surface area (TPSA) is 91.4 Å². The van der Waals surface area contributed by atoms with Crippen LogP contribution < -0.4 is 10.3 Å². The summed E-state index contributed by atoms with van der Waals surface area (Å²) in [4.78, 5) is 34.0. The normalized spacial score (nSPS) is 10.3. The van der Waals surface area contributed by atoms with Crippen LogP contribution in [-0.2, 0) is 6.54 Å². The second-order valence-corrected chi connectivity index (χ2v) is 5.24. The minimum atomic E-state index is -0.621. The molecule has 0 aliphatic carbocycles. The zero-order valence-corrected chi connectivity index (χ0v) is 13.1. The van der Waals surface area contributed by atoms with Gasteiger partial charge in [-0.05, 0) is 34.1 Å². The molecule has 0 aliphatic rings. The van der Waals surface area contributed by atoms with Crippen molar-refractivity contribution in [1.82, 2.24) is 4.57 Å². The van der Waals surface area contributed by atoms with Gasteiger partial charge in [0.05, 0.1) is 29.2 Å². The third kappa shape index (κ3) is 3.40. The van der Waals surface area contributed by atoms with Gasteiger partial charge in [-0.15, -0.1) is 0 Å². The smallest absolute Gasteiger partial charge is 0.285 e. The second-order valence-electron chi connectivity index (χ2n) is 4.38. The first-order valence-electron chi connectivity index (χ1n) is 6.14. The Morgan fingerprint density at radius 3 is 2.68 bits per heavy atom. The molecule has 0 atom stereocenters. The van der Waals surface area contributed by atoms with Crippen molar-refractivity contribution in [2.24, 2.45) is 0 Å². The molecular weight excluding hydrogens is 356 g/mol. The minimum absolute atomic E-state index is 0.247. The van der Waals surface area contributed by atoms with E-state index in [2.05, 4.69) is 15.9 Å². The SMILES string of the molecule is COc1ccc(C(=O)Cn2cc([N+](=O)[O-])ccc2=O)cc1Br. The molecule has 114 valence electrons. The van der Waals surface area contributed by atoms with Crippen LogP contribution in [0.25, 0.3) is 0 Å². The van der Waals surface area contributed by atoms with Crippen LogP contribution >= 0.6 is 15.9 Å². The molecule has 0 amide bonds. The maximum absolute atomic E-state index is 12.2. The number of halogens is 1. The van der Waals surface area contributed by atoms with Gasteiger partial charge in [0.15, 0.2) is 5.78 Å². The third-order valence-electron chi connectivity index (χ3n) is 2.97. The highest BCUT2D eigenvalue weighted by Crippen LogP contribution is 2.25. The molecule has 0 bridgehead atoms. The third-order valence-corrected chi connectivity index (χ3v) is 3.59. The molecule has 0 aliphatic heterocycles. The van der Waals surface area contributed by atoms with Crippen LogP contribution in [0, 0.1) is 10.1 Å². The summed E-state index contributed by atoms with van der Waals surface area (Å²) < 4.78 is 6.69. The van der Waals surface area contributed by atoms with Crippen LogP contribution in [0.15, 0.2) is 45.8 Å². The van der Waals surface area contributed by atoms with Crippen molar-refractivity contribution in [3.63, 3.8) is 0 Å². The molecule has 1 aromatic heterocycles. The van der Waals surface area contributed by atoms with Crippen molar-refractivity contribution < 1.29 is 14.5 Å². The zero-order valence-electron chi connectivity index (χ0n) is 11.5. The maximum Gasteiger partial charge on any atom is 0.285 e. The Morgan fingerprint density at radius 1 is 1.36 bits per heavy atom. The summed E-state index contributed by atoms with van der Waals surface area (Å²) in [6.07, 6.45) is 1.05. The first-order valence-corrected chi connectivity index (χ1v) is 6.93. The lowest BCUT2D eigenvalue weighted by Crippen LogP contribution is -2.23. The van der Waals surface area contributed by atoms with Gasteiger partial charge >= 0.3 is 0 Å². The molecule has 0 unspecified atom stereocenters. The maximum atomic E-state index is 12.2. The molecule has 0 saturated carbocycles. The molecule has 7 nitrogen and oxygen atoms in total. The highest BCUT2D eigenvalue weighted by Gasteiger charge is 2.13. The first kappa shape index (κ1) is 15.9. The number of carbonyl (C=O) groups excluding carboxylic acids is 1. The quantitative estimate of drug-likeness (QED) is 0.460. The molecule has 8 heteroatoms. The lowest BCUT2D eigenvalue weighted by molar-refractivity contribution is -0.385. The summed E-state index contributed by atoms with van der Waals surface area (Å²) >= 11 is 3.27. The van der Waals surface area contributed by atoms with E-state index in [1.54, 1.807) is 18.2 Å². The fourth-order valence-electron chi connectivity index (χ4n) is 1.84. The van der Waals surface area contributed by atoms with Gasteiger partial charge in [0.1, 0.15) is 5.75 Å². The zero-order chi connectivity index (χ0) is 16.3. The number of rotatable bonds is 5. The summed E-state index contributed by atoms with van der Waals surface area (Å²) in [7, 11) is 1.50. The molecule has 0 radical (unpaired) electrons. The minimum Gasteiger partial charge on any atom is -0.496 e.